The summed E-state index contributed by atoms with van der Waals surface area (Å²) in [6.07, 6.45) is 7.41. The summed E-state index contributed by atoms with van der Waals surface area (Å²) in [5.41, 5.74) is 4.53. The fraction of sp³-hybridized carbons (Fsp3) is 0.115. The molecule has 0 fully saturated rings. The highest BCUT2D eigenvalue weighted by molar-refractivity contribution is 14.1. The molecule has 1 aromatic heterocycles. The van der Waals surface area contributed by atoms with Crippen molar-refractivity contribution in [2.45, 2.75) is 19.3 Å². The second kappa shape index (κ2) is 6.84. The topological polar surface area (TPSA) is 46.0 Å². The van der Waals surface area contributed by atoms with E-state index < -0.39 is 0 Å². The van der Waals surface area contributed by atoms with E-state index in [1.807, 2.05) is 6.07 Å². The van der Waals surface area contributed by atoms with Crippen LogP contribution in [0.15, 0.2) is 69.9 Å². The second-order valence-corrected chi connectivity index (χ2v) is 9.04. The summed E-state index contributed by atoms with van der Waals surface area (Å²) in [4.78, 5) is 15.3. The van der Waals surface area contributed by atoms with Crippen LogP contribution in [0.3, 0.4) is 0 Å². The van der Waals surface area contributed by atoms with Gasteiger partial charge in [-0.25, -0.2) is 0 Å². The van der Waals surface area contributed by atoms with Gasteiger partial charge in [0, 0.05) is 36.8 Å². The first-order valence-electron chi connectivity index (χ1n) is 10.1. The highest BCUT2D eigenvalue weighted by Crippen LogP contribution is 2.36. The minimum absolute atomic E-state index is 0.0229. The van der Waals surface area contributed by atoms with E-state index in [0.717, 1.165) is 41.5 Å². The molecular formula is C26H18INO2. The third-order valence-corrected chi connectivity index (χ3v) is 6.94. The Morgan fingerprint density at radius 2 is 1.87 bits per heavy atom. The lowest BCUT2D eigenvalue weighted by atomic mass is 9.90. The Kier molecular flexibility index (Phi) is 4.09. The first kappa shape index (κ1) is 18.0. The van der Waals surface area contributed by atoms with Crippen molar-refractivity contribution in [2.75, 3.05) is 0 Å². The summed E-state index contributed by atoms with van der Waals surface area (Å²) in [5, 5.41) is 4.92. The van der Waals surface area contributed by atoms with Gasteiger partial charge in [-0.15, -0.1) is 0 Å². The van der Waals surface area contributed by atoms with Crippen LogP contribution in [0.1, 0.15) is 24.2 Å². The number of benzene rings is 3. The van der Waals surface area contributed by atoms with Crippen LogP contribution < -0.4 is 10.8 Å². The van der Waals surface area contributed by atoms with Crippen molar-refractivity contribution >= 4 is 55.9 Å². The van der Waals surface area contributed by atoms with Crippen molar-refractivity contribution in [3.05, 3.63) is 91.1 Å². The van der Waals surface area contributed by atoms with Gasteiger partial charge in [0.25, 0.3) is 0 Å². The Labute approximate surface area is 186 Å². The van der Waals surface area contributed by atoms with Gasteiger partial charge >= 0.3 is 0 Å². The fourth-order valence-electron chi connectivity index (χ4n) is 4.58. The Morgan fingerprint density at radius 1 is 0.967 bits per heavy atom. The van der Waals surface area contributed by atoms with Gasteiger partial charge in [-0.05, 0) is 94.8 Å². The molecule has 0 unspecified atom stereocenters. The van der Waals surface area contributed by atoms with Crippen LogP contribution in [0.5, 0.6) is 0 Å². The van der Waals surface area contributed by atoms with Crippen LogP contribution in [0.4, 0.5) is 0 Å². The lowest BCUT2D eigenvalue weighted by Crippen LogP contribution is -2.06. The molecular weight excluding hydrogens is 485 g/mol. The second-order valence-electron chi connectivity index (χ2n) is 7.87. The maximum atomic E-state index is 11.8. The Bertz CT molecular complexity index is 1550. The largest absolute Gasteiger partial charge is 0.456 e. The third-order valence-electron chi connectivity index (χ3n) is 6.00. The van der Waals surface area contributed by atoms with Crippen molar-refractivity contribution < 1.29 is 4.42 Å². The lowest BCUT2D eigenvalue weighted by molar-refractivity contribution is 0.527. The fourth-order valence-corrected chi connectivity index (χ4v) is 5.21. The smallest absolute Gasteiger partial charge is 0.182 e. The zero-order valence-corrected chi connectivity index (χ0v) is 18.3. The Hall–Kier alpha value is -2.86. The van der Waals surface area contributed by atoms with E-state index in [2.05, 4.69) is 76.1 Å². The molecule has 30 heavy (non-hydrogen) atoms. The van der Waals surface area contributed by atoms with Gasteiger partial charge in [0.1, 0.15) is 11.5 Å². The van der Waals surface area contributed by atoms with Crippen LogP contribution in [-0.4, -0.2) is 4.98 Å². The molecule has 2 heterocycles. The van der Waals surface area contributed by atoms with E-state index in [4.69, 9.17) is 4.42 Å². The monoisotopic (exact) mass is 503 g/mol. The molecule has 1 N–H and O–H groups in total. The van der Waals surface area contributed by atoms with Crippen molar-refractivity contribution in [1.29, 1.82) is 0 Å². The molecule has 0 radical (unpaired) electrons. The SMILES string of the molecule is O=c1ccc2cc3c(oc-2c1)/C(=C/C=c1\[nH]c2ccc(I)c4cccc1c24)CCC3. The van der Waals surface area contributed by atoms with E-state index in [0.29, 0.717) is 5.76 Å². The first-order valence-corrected chi connectivity index (χ1v) is 11.2. The predicted molar refractivity (Wildman–Crippen MR) is 131 cm³/mol. The summed E-state index contributed by atoms with van der Waals surface area (Å²) in [6.45, 7) is 0. The van der Waals surface area contributed by atoms with Gasteiger partial charge in [0.15, 0.2) is 5.43 Å². The molecule has 0 bridgehead atoms. The molecule has 1 aliphatic heterocycles. The molecule has 6 rings (SSSR count). The van der Waals surface area contributed by atoms with Gasteiger partial charge in [0.2, 0.25) is 0 Å². The van der Waals surface area contributed by atoms with E-state index in [9.17, 15) is 4.79 Å². The zero-order valence-electron chi connectivity index (χ0n) is 16.2. The molecule has 146 valence electrons. The number of halogens is 1. The molecule has 0 saturated carbocycles. The number of aryl methyl sites for hydroxylation is 1. The molecule has 0 spiro atoms. The first-order chi connectivity index (χ1) is 14.7. The maximum Gasteiger partial charge on any atom is 0.182 e. The van der Waals surface area contributed by atoms with E-state index in [1.54, 1.807) is 12.1 Å². The molecule has 2 aromatic carbocycles. The van der Waals surface area contributed by atoms with Gasteiger partial charge in [-0.1, -0.05) is 24.3 Å². The predicted octanol–water partition coefficient (Wildman–Crippen LogP) is 5.90. The number of rotatable bonds is 1. The minimum Gasteiger partial charge on any atom is -0.456 e. The summed E-state index contributed by atoms with van der Waals surface area (Å²) >= 11 is 2.40. The zero-order chi connectivity index (χ0) is 20.2. The van der Waals surface area contributed by atoms with Crippen molar-refractivity contribution in [3.63, 3.8) is 0 Å². The average Bonchev–Trinajstić information content (AvgIpc) is 3.12. The molecule has 2 aliphatic carbocycles. The van der Waals surface area contributed by atoms with Crippen molar-refractivity contribution in [3.8, 4) is 11.3 Å². The standard InChI is InChI=1S/C26H18INO2/c27-21-10-12-23-25-19(21)5-2-6-20(25)22(28-23)11-8-15-3-1-4-17-13-16-7-9-18(29)14-24(16)30-26(15)17/h2,5-14,28H,1,3-4H2/b15-8+,22-11-. The number of allylic oxidation sites excluding steroid dienone is 2. The van der Waals surface area contributed by atoms with Gasteiger partial charge < -0.3 is 9.40 Å². The van der Waals surface area contributed by atoms with E-state index >= 15 is 0 Å². The van der Waals surface area contributed by atoms with Crippen LogP contribution in [0.2, 0.25) is 0 Å². The van der Waals surface area contributed by atoms with Crippen LogP contribution in [-0.2, 0) is 6.42 Å². The average molecular weight is 503 g/mol. The number of H-pyrrole nitrogens is 1. The number of nitrogens with one attached hydrogen (secondary N) is 1. The minimum atomic E-state index is -0.0229. The molecule has 4 heteroatoms. The Morgan fingerprint density at radius 3 is 2.80 bits per heavy atom. The van der Waals surface area contributed by atoms with Crippen molar-refractivity contribution in [2.24, 2.45) is 0 Å². The van der Waals surface area contributed by atoms with Crippen LogP contribution in [0.25, 0.3) is 44.6 Å². The maximum absolute atomic E-state index is 11.8. The normalized spacial score (nSPS) is 16.2. The van der Waals surface area contributed by atoms with Crippen molar-refractivity contribution in [1.82, 2.24) is 4.98 Å². The van der Waals surface area contributed by atoms with Crippen LogP contribution in [0, 0.1) is 3.57 Å². The van der Waals surface area contributed by atoms with E-state index in [1.165, 1.54) is 30.9 Å². The number of hydrogen-bond acceptors (Lipinski definition) is 2. The molecule has 3 nitrogen and oxygen atoms in total. The summed E-state index contributed by atoms with van der Waals surface area (Å²) in [7, 11) is 0. The number of fused-ring (bicyclic) bond motifs is 2. The molecule has 0 saturated heterocycles. The third kappa shape index (κ3) is 2.82. The van der Waals surface area contributed by atoms with Gasteiger partial charge in [-0.3, -0.25) is 4.79 Å². The number of aromatic nitrogens is 1. The Balaban J connectivity index is 1.54. The quantitative estimate of drug-likeness (QED) is 0.290. The molecule has 0 amide bonds. The summed E-state index contributed by atoms with van der Waals surface area (Å²) in [5.74, 6) is 1.58. The molecule has 3 aromatic rings. The summed E-state index contributed by atoms with van der Waals surface area (Å²) < 4.78 is 7.47. The van der Waals surface area contributed by atoms with E-state index in [-0.39, 0.29) is 5.43 Å². The lowest BCUT2D eigenvalue weighted by Gasteiger charge is -2.19. The molecule has 3 aliphatic rings. The van der Waals surface area contributed by atoms with Gasteiger partial charge in [-0.2, -0.15) is 0 Å². The molecule has 0 atom stereocenters. The highest BCUT2D eigenvalue weighted by atomic mass is 127. The number of aromatic amines is 1. The van der Waals surface area contributed by atoms with Gasteiger partial charge in [0.05, 0.1) is 0 Å². The van der Waals surface area contributed by atoms with Crippen LogP contribution >= 0.6 is 22.6 Å². The highest BCUT2D eigenvalue weighted by Gasteiger charge is 2.19. The number of hydrogen-bond donors (Lipinski definition) is 1. The summed E-state index contributed by atoms with van der Waals surface area (Å²) in [6, 6.07) is 18.0.